The lowest BCUT2D eigenvalue weighted by Gasteiger charge is -2.12. The van der Waals surface area contributed by atoms with Crippen molar-refractivity contribution in [1.82, 2.24) is 24.1 Å². The molecule has 0 aliphatic heterocycles. The van der Waals surface area contributed by atoms with Gasteiger partial charge in [-0.25, -0.2) is 4.68 Å². The third-order valence-electron chi connectivity index (χ3n) is 5.20. The van der Waals surface area contributed by atoms with Crippen LogP contribution in [0, 0.1) is 13.8 Å². The van der Waals surface area contributed by atoms with Crippen LogP contribution in [0.3, 0.4) is 0 Å². The molecule has 1 saturated carbocycles. The Bertz CT molecular complexity index is 1110. The van der Waals surface area contributed by atoms with Gasteiger partial charge < -0.3 is 9.88 Å². The van der Waals surface area contributed by atoms with E-state index >= 15 is 0 Å². The number of thioether (sulfide) groups is 1. The number of nitrogens with one attached hydrogen (secondary N) is 1. The molecule has 0 saturated heterocycles. The molecule has 9 heteroatoms. The van der Waals surface area contributed by atoms with Crippen LogP contribution in [0.4, 0.5) is 5.69 Å². The Labute approximate surface area is 172 Å². The zero-order valence-electron chi connectivity index (χ0n) is 16.9. The first-order valence-corrected chi connectivity index (χ1v) is 10.5. The lowest BCUT2D eigenvalue weighted by Crippen LogP contribution is -2.27. The van der Waals surface area contributed by atoms with Gasteiger partial charge in [0, 0.05) is 13.1 Å². The summed E-state index contributed by atoms with van der Waals surface area (Å²) in [7, 11) is 1.80. The van der Waals surface area contributed by atoms with Crippen LogP contribution in [0.25, 0.3) is 5.69 Å². The predicted octanol–water partition coefficient (Wildman–Crippen LogP) is 2.84. The van der Waals surface area contributed by atoms with E-state index in [1.54, 1.807) is 16.4 Å². The second-order valence-corrected chi connectivity index (χ2v) is 8.62. The van der Waals surface area contributed by atoms with Crippen molar-refractivity contribution in [2.24, 2.45) is 7.05 Å². The number of hydrogen-bond donors (Lipinski definition) is 1. The molecule has 0 spiro atoms. The van der Waals surface area contributed by atoms with Crippen molar-refractivity contribution < 1.29 is 4.79 Å². The molecule has 0 unspecified atom stereocenters. The molecule has 152 valence electrons. The molecule has 1 amide bonds. The van der Waals surface area contributed by atoms with E-state index in [1.165, 1.54) is 11.8 Å². The normalized spacial score (nSPS) is 14.8. The lowest BCUT2D eigenvalue weighted by molar-refractivity contribution is -0.115. The fourth-order valence-electron chi connectivity index (χ4n) is 3.33. The van der Waals surface area contributed by atoms with Gasteiger partial charge in [0.05, 0.1) is 16.6 Å². The fraction of sp³-hybridized carbons (Fsp3) is 0.400. The van der Waals surface area contributed by atoms with Crippen molar-refractivity contribution in [3.8, 4) is 5.69 Å². The predicted molar refractivity (Wildman–Crippen MR) is 113 cm³/mol. The quantitative estimate of drug-likeness (QED) is 0.629. The minimum Gasteiger partial charge on any atom is -0.319 e. The van der Waals surface area contributed by atoms with Crippen molar-refractivity contribution in [3.05, 3.63) is 52.2 Å². The van der Waals surface area contributed by atoms with Gasteiger partial charge in [-0.05, 0) is 45.7 Å². The molecule has 1 aliphatic rings. The molecule has 1 aliphatic carbocycles. The average molecular weight is 413 g/mol. The maximum atomic E-state index is 13.0. The summed E-state index contributed by atoms with van der Waals surface area (Å²) >= 11 is 1.37. The molecule has 0 radical (unpaired) electrons. The van der Waals surface area contributed by atoms with Crippen molar-refractivity contribution >= 4 is 23.4 Å². The third-order valence-corrected chi connectivity index (χ3v) is 6.26. The van der Waals surface area contributed by atoms with Gasteiger partial charge in [-0.3, -0.25) is 14.3 Å². The van der Waals surface area contributed by atoms with E-state index in [9.17, 15) is 9.59 Å². The van der Waals surface area contributed by atoms with Gasteiger partial charge in [0.2, 0.25) is 5.91 Å². The van der Waals surface area contributed by atoms with Crippen molar-refractivity contribution in [1.29, 1.82) is 0 Å². The van der Waals surface area contributed by atoms with Gasteiger partial charge in [-0.15, -0.1) is 10.2 Å². The highest BCUT2D eigenvalue weighted by atomic mass is 32.2. The molecule has 1 fully saturated rings. The largest absolute Gasteiger partial charge is 0.319 e. The van der Waals surface area contributed by atoms with E-state index in [0.29, 0.717) is 17.4 Å². The standard InChI is InChI=1S/C20H24N6O2S/c1-12-17(19(28)26(24(12)4)16-8-6-5-7-9-16)21-18(27)13(2)29-20-23-22-14(3)25(20)15-10-11-15/h5-9,13,15H,10-11H2,1-4H3,(H,21,27)/t13-/m1/s1. The Morgan fingerprint density at radius 2 is 1.90 bits per heavy atom. The van der Waals surface area contributed by atoms with Crippen molar-refractivity contribution in [3.63, 3.8) is 0 Å². The minimum absolute atomic E-state index is 0.232. The van der Waals surface area contributed by atoms with Gasteiger partial charge in [0.25, 0.3) is 5.56 Å². The fourth-order valence-corrected chi connectivity index (χ4v) is 4.30. The molecule has 29 heavy (non-hydrogen) atoms. The Hall–Kier alpha value is -2.81. The molecule has 4 rings (SSSR count). The van der Waals surface area contributed by atoms with Gasteiger partial charge in [0.15, 0.2) is 5.16 Å². The zero-order valence-corrected chi connectivity index (χ0v) is 17.7. The number of aromatic nitrogens is 5. The third kappa shape index (κ3) is 3.62. The summed E-state index contributed by atoms with van der Waals surface area (Å²) in [4.78, 5) is 25.8. The highest BCUT2D eigenvalue weighted by molar-refractivity contribution is 8.00. The first kappa shape index (κ1) is 19.5. The molecule has 3 aromatic rings. The maximum absolute atomic E-state index is 13.0. The number of carbonyl (C=O) groups is 1. The molecule has 1 atom stereocenters. The topological polar surface area (TPSA) is 86.7 Å². The number of anilines is 1. The van der Waals surface area contributed by atoms with Crippen molar-refractivity contribution in [2.45, 2.75) is 50.1 Å². The number of hydrogen-bond acceptors (Lipinski definition) is 5. The molecule has 0 bridgehead atoms. The number of benzene rings is 1. The molecule has 2 aromatic heterocycles. The van der Waals surface area contributed by atoms with Crippen LogP contribution in [0.15, 0.2) is 40.3 Å². The number of para-hydroxylation sites is 1. The van der Waals surface area contributed by atoms with E-state index in [1.807, 2.05) is 51.1 Å². The van der Waals surface area contributed by atoms with E-state index in [4.69, 9.17) is 0 Å². The van der Waals surface area contributed by atoms with E-state index in [0.717, 1.165) is 29.5 Å². The SMILES string of the molecule is Cc1nnc(S[C@H](C)C(=O)Nc2c(C)n(C)n(-c3ccccc3)c2=O)n1C1CC1. The summed E-state index contributed by atoms with van der Waals surface area (Å²) in [5, 5.41) is 11.5. The minimum atomic E-state index is -0.416. The van der Waals surface area contributed by atoms with Gasteiger partial charge in [-0.1, -0.05) is 30.0 Å². The summed E-state index contributed by atoms with van der Waals surface area (Å²) in [5.41, 5.74) is 1.49. The van der Waals surface area contributed by atoms with Gasteiger partial charge in [0.1, 0.15) is 11.5 Å². The highest BCUT2D eigenvalue weighted by Crippen LogP contribution is 2.39. The number of rotatable bonds is 6. The lowest BCUT2D eigenvalue weighted by atomic mass is 10.3. The van der Waals surface area contributed by atoms with Crippen LogP contribution in [0.1, 0.15) is 37.3 Å². The molecular formula is C20H24N6O2S. The highest BCUT2D eigenvalue weighted by Gasteiger charge is 2.30. The molecule has 2 heterocycles. The number of carbonyl (C=O) groups excluding carboxylic acids is 1. The number of amides is 1. The van der Waals surface area contributed by atoms with Crippen LogP contribution < -0.4 is 10.9 Å². The summed E-state index contributed by atoms with van der Waals surface area (Å²) in [6, 6.07) is 9.81. The Morgan fingerprint density at radius 1 is 1.21 bits per heavy atom. The first-order chi connectivity index (χ1) is 13.9. The van der Waals surface area contributed by atoms with Crippen LogP contribution in [0.2, 0.25) is 0 Å². The average Bonchev–Trinajstić information content (AvgIpc) is 3.45. The van der Waals surface area contributed by atoms with Crippen LogP contribution in [-0.4, -0.2) is 35.3 Å². The molecule has 1 aromatic carbocycles. The molecule has 8 nitrogen and oxygen atoms in total. The van der Waals surface area contributed by atoms with Crippen LogP contribution >= 0.6 is 11.8 Å². The molecular weight excluding hydrogens is 388 g/mol. The number of nitrogens with zero attached hydrogens (tertiary/aromatic N) is 5. The van der Waals surface area contributed by atoms with Crippen LogP contribution in [-0.2, 0) is 11.8 Å². The summed E-state index contributed by atoms with van der Waals surface area (Å²) in [6.45, 7) is 5.57. The van der Waals surface area contributed by atoms with Gasteiger partial charge in [-0.2, -0.15) is 0 Å². The first-order valence-electron chi connectivity index (χ1n) is 9.61. The monoisotopic (exact) mass is 412 g/mol. The van der Waals surface area contributed by atoms with E-state index in [2.05, 4.69) is 20.1 Å². The summed E-state index contributed by atoms with van der Waals surface area (Å²) < 4.78 is 5.40. The van der Waals surface area contributed by atoms with Crippen LogP contribution in [0.5, 0.6) is 0 Å². The Morgan fingerprint density at radius 3 is 2.55 bits per heavy atom. The second-order valence-electron chi connectivity index (χ2n) is 7.32. The maximum Gasteiger partial charge on any atom is 0.295 e. The summed E-state index contributed by atoms with van der Waals surface area (Å²) in [5.74, 6) is 0.635. The Kier molecular flexibility index (Phi) is 5.08. The Balaban J connectivity index is 1.55. The van der Waals surface area contributed by atoms with E-state index in [-0.39, 0.29) is 11.5 Å². The van der Waals surface area contributed by atoms with E-state index < -0.39 is 5.25 Å². The smallest absolute Gasteiger partial charge is 0.295 e. The molecule has 1 N–H and O–H groups in total. The van der Waals surface area contributed by atoms with Gasteiger partial charge >= 0.3 is 0 Å². The number of aryl methyl sites for hydroxylation is 1. The summed E-state index contributed by atoms with van der Waals surface area (Å²) in [6.07, 6.45) is 2.24. The second kappa shape index (κ2) is 7.55. The zero-order chi connectivity index (χ0) is 20.7. The van der Waals surface area contributed by atoms with Crippen molar-refractivity contribution in [2.75, 3.05) is 5.32 Å².